The Kier molecular flexibility index (Phi) is 5.83. The highest BCUT2D eigenvalue weighted by molar-refractivity contribution is 5.79. The molecular formula is C11H22O4. The van der Waals surface area contributed by atoms with Crippen molar-refractivity contribution < 1.29 is 19.4 Å². The lowest BCUT2D eigenvalue weighted by atomic mass is 9.81. The number of methoxy groups -OCH3 is 1. The number of hydrogen-bond donors (Lipinski definition) is 1. The summed E-state index contributed by atoms with van der Waals surface area (Å²) < 4.78 is 9.85. The van der Waals surface area contributed by atoms with Crippen molar-refractivity contribution in [2.45, 2.75) is 33.3 Å². The average Bonchev–Trinajstić information content (AvgIpc) is 2.13. The molecule has 4 heteroatoms. The van der Waals surface area contributed by atoms with Crippen LogP contribution in [0.4, 0.5) is 0 Å². The number of ether oxygens (including phenoxy) is 2. The molecule has 90 valence electrons. The maximum absolute atomic E-state index is 11.6. The van der Waals surface area contributed by atoms with Gasteiger partial charge in [0.15, 0.2) is 5.60 Å². The smallest absolute Gasteiger partial charge is 0.338 e. The molecule has 15 heavy (non-hydrogen) atoms. The standard InChI is InChI=1S/C11H22O4/c1-6-15-10(12)11(4,13)9(7-14-5)8(2)3/h8-9,13H,6-7H2,1-5H3. The molecule has 0 aromatic heterocycles. The highest BCUT2D eigenvalue weighted by Crippen LogP contribution is 2.26. The van der Waals surface area contributed by atoms with Crippen molar-refractivity contribution in [1.29, 1.82) is 0 Å². The van der Waals surface area contributed by atoms with E-state index in [9.17, 15) is 9.90 Å². The van der Waals surface area contributed by atoms with E-state index in [-0.39, 0.29) is 18.4 Å². The van der Waals surface area contributed by atoms with E-state index < -0.39 is 11.6 Å². The molecule has 2 atom stereocenters. The molecule has 0 aliphatic carbocycles. The third-order valence-corrected chi connectivity index (χ3v) is 2.56. The lowest BCUT2D eigenvalue weighted by Gasteiger charge is -2.32. The van der Waals surface area contributed by atoms with Crippen molar-refractivity contribution in [3.05, 3.63) is 0 Å². The van der Waals surface area contributed by atoms with Gasteiger partial charge >= 0.3 is 5.97 Å². The second-order valence-electron chi connectivity index (χ2n) is 4.17. The van der Waals surface area contributed by atoms with Crippen LogP contribution in [0.1, 0.15) is 27.7 Å². The Morgan fingerprint density at radius 1 is 1.47 bits per heavy atom. The summed E-state index contributed by atoms with van der Waals surface area (Å²) in [7, 11) is 1.55. The van der Waals surface area contributed by atoms with E-state index in [4.69, 9.17) is 9.47 Å². The molecule has 0 spiro atoms. The lowest BCUT2D eigenvalue weighted by Crippen LogP contribution is -2.48. The normalized spacial score (nSPS) is 17.3. The monoisotopic (exact) mass is 218 g/mol. The Hall–Kier alpha value is -0.610. The van der Waals surface area contributed by atoms with Gasteiger partial charge in [0.2, 0.25) is 0 Å². The number of carbonyl (C=O) groups is 1. The Labute approximate surface area is 91.6 Å². The minimum Gasteiger partial charge on any atom is -0.464 e. The van der Waals surface area contributed by atoms with Gasteiger partial charge in [0.05, 0.1) is 13.2 Å². The molecule has 0 aromatic rings. The van der Waals surface area contributed by atoms with E-state index in [1.807, 2.05) is 13.8 Å². The van der Waals surface area contributed by atoms with Crippen LogP contribution >= 0.6 is 0 Å². The first-order valence-electron chi connectivity index (χ1n) is 5.26. The fourth-order valence-electron chi connectivity index (χ4n) is 1.61. The van der Waals surface area contributed by atoms with Gasteiger partial charge in [-0.3, -0.25) is 0 Å². The predicted molar refractivity (Wildman–Crippen MR) is 57.5 cm³/mol. The van der Waals surface area contributed by atoms with Crippen LogP contribution in [0, 0.1) is 11.8 Å². The zero-order valence-corrected chi connectivity index (χ0v) is 10.2. The molecule has 2 unspecified atom stereocenters. The summed E-state index contributed by atoms with van der Waals surface area (Å²) in [6, 6.07) is 0. The Morgan fingerprint density at radius 2 is 2.00 bits per heavy atom. The summed E-state index contributed by atoms with van der Waals surface area (Å²) in [6.45, 7) is 7.69. The highest BCUT2D eigenvalue weighted by atomic mass is 16.5. The van der Waals surface area contributed by atoms with Gasteiger partial charge in [0.25, 0.3) is 0 Å². The minimum atomic E-state index is -1.49. The Morgan fingerprint density at radius 3 is 2.33 bits per heavy atom. The van der Waals surface area contributed by atoms with Gasteiger partial charge in [-0.05, 0) is 19.8 Å². The maximum atomic E-state index is 11.6. The zero-order valence-electron chi connectivity index (χ0n) is 10.2. The maximum Gasteiger partial charge on any atom is 0.338 e. The van der Waals surface area contributed by atoms with Gasteiger partial charge in [0, 0.05) is 13.0 Å². The first-order chi connectivity index (χ1) is 6.87. The summed E-state index contributed by atoms with van der Waals surface area (Å²) >= 11 is 0. The quantitative estimate of drug-likeness (QED) is 0.681. The van der Waals surface area contributed by atoms with Crippen molar-refractivity contribution in [2.75, 3.05) is 20.3 Å². The molecule has 0 fully saturated rings. The SMILES string of the molecule is CCOC(=O)C(C)(O)C(COC)C(C)C. The van der Waals surface area contributed by atoms with Crippen molar-refractivity contribution in [1.82, 2.24) is 0 Å². The predicted octanol–water partition coefficient (Wildman–Crippen LogP) is 1.22. The topological polar surface area (TPSA) is 55.8 Å². The lowest BCUT2D eigenvalue weighted by molar-refractivity contribution is -0.173. The van der Waals surface area contributed by atoms with Gasteiger partial charge < -0.3 is 14.6 Å². The summed E-state index contributed by atoms with van der Waals surface area (Å²) in [6.07, 6.45) is 0. The molecule has 0 amide bonds. The molecule has 0 aliphatic rings. The van der Waals surface area contributed by atoms with Crippen LogP contribution in [0.3, 0.4) is 0 Å². The first kappa shape index (κ1) is 14.4. The number of rotatable bonds is 6. The Bertz CT molecular complexity index is 199. The molecule has 0 aliphatic heterocycles. The van der Waals surface area contributed by atoms with Crippen LogP contribution in [0.2, 0.25) is 0 Å². The van der Waals surface area contributed by atoms with Gasteiger partial charge in [-0.1, -0.05) is 13.8 Å². The van der Waals surface area contributed by atoms with Crippen LogP contribution in [-0.2, 0) is 14.3 Å². The Balaban J connectivity index is 4.68. The van der Waals surface area contributed by atoms with Crippen LogP contribution in [0.25, 0.3) is 0 Å². The molecule has 0 radical (unpaired) electrons. The molecule has 0 aromatic carbocycles. The van der Waals surface area contributed by atoms with Crippen molar-refractivity contribution in [3.8, 4) is 0 Å². The number of esters is 1. The van der Waals surface area contributed by atoms with Crippen molar-refractivity contribution in [2.24, 2.45) is 11.8 Å². The van der Waals surface area contributed by atoms with Crippen molar-refractivity contribution >= 4 is 5.97 Å². The molecule has 0 rings (SSSR count). The second-order valence-corrected chi connectivity index (χ2v) is 4.17. The number of aliphatic hydroxyl groups is 1. The van der Waals surface area contributed by atoms with E-state index in [1.165, 1.54) is 6.92 Å². The molecule has 1 N–H and O–H groups in total. The van der Waals surface area contributed by atoms with Gasteiger partial charge in [-0.25, -0.2) is 4.79 Å². The summed E-state index contributed by atoms with van der Waals surface area (Å²) in [5.41, 5.74) is -1.49. The van der Waals surface area contributed by atoms with Gasteiger partial charge in [-0.15, -0.1) is 0 Å². The van der Waals surface area contributed by atoms with Crippen LogP contribution in [0.5, 0.6) is 0 Å². The minimum absolute atomic E-state index is 0.143. The van der Waals surface area contributed by atoms with Crippen LogP contribution < -0.4 is 0 Å². The summed E-state index contributed by atoms with van der Waals surface area (Å²) in [5, 5.41) is 10.1. The number of carbonyl (C=O) groups excluding carboxylic acids is 1. The molecule has 0 saturated heterocycles. The molecule has 0 heterocycles. The van der Waals surface area contributed by atoms with E-state index in [0.29, 0.717) is 6.61 Å². The van der Waals surface area contributed by atoms with Gasteiger partial charge in [0.1, 0.15) is 0 Å². The van der Waals surface area contributed by atoms with E-state index >= 15 is 0 Å². The van der Waals surface area contributed by atoms with Crippen LogP contribution in [-0.4, -0.2) is 37.0 Å². The van der Waals surface area contributed by atoms with Gasteiger partial charge in [-0.2, -0.15) is 0 Å². The zero-order chi connectivity index (χ0) is 12.1. The molecular weight excluding hydrogens is 196 g/mol. The highest BCUT2D eigenvalue weighted by Gasteiger charge is 2.42. The van der Waals surface area contributed by atoms with Crippen LogP contribution in [0.15, 0.2) is 0 Å². The van der Waals surface area contributed by atoms with E-state index in [0.717, 1.165) is 0 Å². The van der Waals surface area contributed by atoms with E-state index in [1.54, 1.807) is 14.0 Å². The number of hydrogen-bond acceptors (Lipinski definition) is 4. The largest absolute Gasteiger partial charge is 0.464 e. The summed E-state index contributed by atoms with van der Waals surface area (Å²) in [4.78, 5) is 11.6. The fraction of sp³-hybridized carbons (Fsp3) is 0.909. The van der Waals surface area contributed by atoms with Crippen molar-refractivity contribution in [3.63, 3.8) is 0 Å². The summed E-state index contributed by atoms with van der Waals surface area (Å²) in [5.74, 6) is -0.702. The molecule has 0 bridgehead atoms. The average molecular weight is 218 g/mol. The third kappa shape index (κ3) is 3.80. The first-order valence-corrected chi connectivity index (χ1v) is 5.26. The second kappa shape index (κ2) is 6.08. The molecule has 0 saturated carbocycles. The third-order valence-electron chi connectivity index (χ3n) is 2.56. The fourth-order valence-corrected chi connectivity index (χ4v) is 1.61. The molecule has 4 nitrogen and oxygen atoms in total. The van der Waals surface area contributed by atoms with E-state index in [2.05, 4.69) is 0 Å².